The molecule has 2 fully saturated rings. The summed E-state index contributed by atoms with van der Waals surface area (Å²) < 4.78 is 28.7. The van der Waals surface area contributed by atoms with Gasteiger partial charge in [0, 0.05) is 6.04 Å². The Balaban J connectivity index is 1.71. The Bertz CT molecular complexity index is 569. The number of rotatable bonds is 4. The van der Waals surface area contributed by atoms with Crippen LogP contribution in [0, 0.1) is 17.8 Å². The lowest BCUT2D eigenvalue weighted by Gasteiger charge is -2.28. The van der Waals surface area contributed by atoms with Crippen LogP contribution in [0.1, 0.15) is 32.6 Å². The third kappa shape index (κ3) is 2.77. The summed E-state index contributed by atoms with van der Waals surface area (Å²) in [6.45, 7) is 2.02. The summed E-state index contributed by atoms with van der Waals surface area (Å²) in [6, 6.07) is 3.48. The van der Waals surface area contributed by atoms with E-state index >= 15 is 0 Å². The predicted octanol–water partition coefficient (Wildman–Crippen LogP) is 3.61. The predicted molar refractivity (Wildman–Crippen MR) is 80.7 cm³/mol. The Kier molecular flexibility index (Phi) is 3.79. The van der Waals surface area contributed by atoms with Gasteiger partial charge in [-0.05, 0) is 72.0 Å². The van der Waals surface area contributed by atoms with Gasteiger partial charge in [0.05, 0.1) is 3.79 Å². The van der Waals surface area contributed by atoms with E-state index in [0.29, 0.717) is 10.1 Å². The van der Waals surface area contributed by atoms with Crippen LogP contribution in [0.4, 0.5) is 0 Å². The highest BCUT2D eigenvalue weighted by atomic mass is 79.9. The molecule has 0 spiro atoms. The summed E-state index contributed by atoms with van der Waals surface area (Å²) in [6.07, 6.45) is 5.13. The van der Waals surface area contributed by atoms with Crippen molar-refractivity contribution in [2.45, 2.75) is 42.9 Å². The van der Waals surface area contributed by atoms with Crippen molar-refractivity contribution in [1.82, 2.24) is 4.72 Å². The minimum absolute atomic E-state index is 0.0428. The maximum Gasteiger partial charge on any atom is 0.250 e. The van der Waals surface area contributed by atoms with Gasteiger partial charge in [0.15, 0.2) is 0 Å². The second-order valence-corrected chi connectivity index (χ2v) is 10.2. The zero-order valence-corrected chi connectivity index (χ0v) is 14.0. The van der Waals surface area contributed by atoms with Crippen LogP contribution in [0.3, 0.4) is 0 Å². The van der Waals surface area contributed by atoms with Crippen LogP contribution in [-0.4, -0.2) is 14.5 Å². The lowest BCUT2D eigenvalue weighted by molar-refractivity contribution is 0.280. The number of thiophene rings is 1. The first-order chi connectivity index (χ1) is 8.95. The summed E-state index contributed by atoms with van der Waals surface area (Å²) in [5.41, 5.74) is 0. The topological polar surface area (TPSA) is 46.2 Å². The van der Waals surface area contributed by atoms with Crippen molar-refractivity contribution in [3.8, 4) is 0 Å². The van der Waals surface area contributed by atoms with E-state index in [9.17, 15) is 8.42 Å². The maximum atomic E-state index is 12.3. The first-order valence-corrected chi connectivity index (χ1v) is 9.82. The van der Waals surface area contributed by atoms with Crippen molar-refractivity contribution in [2.24, 2.45) is 17.8 Å². The number of hydrogen-bond acceptors (Lipinski definition) is 3. The standard InChI is InChI=1S/C13H18BrNO2S2/c1-8(11-7-9-2-3-10(11)6-9)15-19(16,17)13-5-4-12(14)18-13/h4-5,8-11,15H,2-3,6-7H2,1H3. The summed E-state index contributed by atoms with van der Waals surface area (Å²) in [5, 5.41) is 0. The third-order valence-corrected chi connectivity index (χ3v) is 8.26. The monoisotopic (exact) mass is 363 g/mol. The van der Waals surface area contributed by atoms with E-state index in [-0.39, 0.29) is 6.04 Å². The van der Waals surface area contributed by atoms with Gasteiger partial charge in [0.2, 0.25) is 10.0 Å². The van der Waals surface area contributed by atoms with Crippen LogP contribution in [0.25, 0.3) is 0 Å². The zero-order valence-electron chi connectivity index (χ0n) is 10.8. The van der Waals surface area contributed by atoms with Gasteiger partial charge in [-0.25, -0.2) is 13.1 Å². The molecule has 3 nitrogen and oxygen atoms in total. The molecular weight excluding hydrogens is 346 g/mol. The third-order valence-electron chi connectivity index (χ3n) is 4.59. The average Bonchev–Trinajstić information content (AvgIpc) is 3.02. The first-order valence-electron chi connectivity index (χ1n) is 6.73. The van der Waals surface area contributed by atoms with Gasteiger partial charge < -0.3 is 0 Å². The Hall–Kier alpha value is 0.0900. The van der Waals surface area contributed by atoms with Crippen molar-refractivity contribution < 1.29 is 8.42 Å². The summed E-state index contributed by atoms with van der Waals surface area (Å²) in [5.74, 6) is 2.10. The minimum Gasteiger partial charge on any atom is -0.207 e. The number of sulfonamides is 1. The largest absolute Gasteiger partial charge is 0.250 e. The molecule has 19 heavy (non-hydrogen) atoms. The highest BCUT2D eigenvalue weighted by Gasteiger charge is 2.42. The SMILES string of the molecule is CC(NS(=O)(=O)c1ccc(Br)s1)C1CC2CCC1C2. The van der Waals surface area contributed by atoms with Gasteiger partial charge in [-0.1, -0.05) is 6.42 Å². The van der Waals surface area contributed by atoms with Gasteiger partial charge in [-0.15, -0.1) is 11.3 Å². The average molecular weight is 364 g/mol. The van der Waals surface area contributed by atoms with E-state index in [1.54, 1.807) is 12.1 Å². The lowest BCUT2D eigenvalue weighted by atomic mass is 9.84. The van der Waals surface area contributed by atoms with Gasteiger partial charge in [0.25, 0.3) is 0 Å². The molecule has 3 rings (SSSR count). The van der Waals surface area contributed by atoms with E-state index in [0.717, 1.165) is 15.6 Å². The normalized spacial score (nSPS) is 31.8. The van der Waals surface area contributed by atoms with E-state index in [1.807, 2.05) is 6.92 Å². The molecule has 0 radical (unpaired) electrons. The highest BCUT2D eigenvalue weighted by Crippen LogP contribution is 2.49. The fraction of sp³-hybridized carbons (Fsp3) is 0.692. The van der Waals surface area contributed by atoms with Crippen LogP contribution in [-0.2, 0) is 10.0 Å². The molecular formula is C13H18BrNO2S2. The molecule has 106 valence electrons. The molecule has 2 aliphatic rings. The Morgan fingerprint density at radius 3 is 2.68 bits per heavy atom. The van der Waals surface area contributed by atoms with Crippen LogP contribution in [0.15, 0.2) is 20.1 Å². The number of nitrogens with one attached hydrogen (secondary N) is 1. The van der Waals surface area contributed by atoms with Crippen molar-refractivity contribution in [3.63, 3.8) is 0 Å². The molecule has 1 heterocycles. The molecule has 0 amide bonds. The number of fused-ring (bicyclic) bond motifs is 2. The zero-order chi connectivity index (χ0) is 13.6. The van der Waals surface area contributed by atoms with Crippen LogP contribution < -0.4 is 4.72 Å². The van der Waals surface area contributed by atoms with E-state index in [4.69, 9.17) is 0 Å². The van der Waals surface area contributed by atoms with Crippen LogP contribution in [0.2, 0.25) is 0 Å². The summed E-state index contributed by atoms with van der Waals surface area (Å²) >= 11 is 4.57. The molecule has 2 saturated carbocycles. The van der Waals surface area contributed by atoms with Gasteiger partial charge in [-0.3, -0.25) is 0 Å². The van der Waals surface area contributed by atoms with Crippen molar-refractivity contribution in [3.05, 3.63) is 15.9 Å². The first kappa shape index (κ1) is 14.0. The molecule has 1 aromatic heterocycles. The Labute approximate surface area is 127 Å². The molecule has 0 saturated heterocycles. The highest BCUT2D eigenvalue weighted by molar-refractivity contribution is 9.11. The van der Waals surface area contributed by atoms with E-state index in [1.165, 1.54) is 37.0 Å². The molecule has 4 atom stereocenters. The van der Waals surface area contributed by atoms with Crippen molar-refractivity contribution in [2.75, 3.05) is 0 Å². The van der Waals surface area contributed by atoms with Crippen molar-refractivity contribution in [1.29, 1.82) is 0 Å². The van der Waals surface area contributed by atoms with Crippen molar-refractivity contribution >= 4 is 37.3 Å². The number of hydrogen-bond donors (Lipinski definition) is 1. The molecule has 0 aliphatic heterocycles. The fourth-order valence-corrected chi connectivity index (χ4v) is 7.06. The Morgan fingerprint density at radius 2 is 2.16 bits per heavy atom. The Morgan fingerprint density at radius 1 is 1.37 bits per heavy atom. The minimum atomic E-state index is -3.35. The fourth-order valence-electron chi connectivity index (χ4n) is 3.74. The van der Waals surface area contributed by atoms with Gasteiger partial charge in [0.1, 0.15) is 4.21 Å². The maximum absolute atomic E-state index is 12.3. The molecule has 0 aromatic carbocycles. The summed E-state index contributed by atoms with van der Waals surface area (Å²) in [7, 11) is -3.35. The molecule has 4 unspecified atom stereocenters. The number of halogens is 1. The van der Waals surface area contributed by atoms with Gasteiger partial charge in [-0.2, -0.15) is 0 Å². The van der Waals surface area contributed by atoms with Crippen LogP contribution in [0.5, 0.6) is 0 Å². The lowest BCUT2D eigenvalue weighted by Crippen LogP contribution is -2.39. The molecule has 1 N–H and O–H groups in total. The smallest absolute Gasteiger partial charge is 0.207 e. The second-order valence-electron chi connectivity index (χ2n) is 5.81. The molecule has 2 bridgehead atoms. The molecule has 6 heteroatoms. The van der Waals surface area contributed by atoms with Gasteiger partial charge >= 0.3 is 0 Å². The summed E-state index contributed by atoms with van der Waals surface area (Å²) in [4.78, 5) is 0. The molecule has 1 aromatic rings. The van der Waals surface area contributed by atoms with E-state index in [2.05, 4.69) is 20.7 Å². The molecule has 2 aliphatic carbocycles. The quantitative estimate of drug-likeness (QED) is 0.887. The van der Waals surface area contributed by atoms with E-state index < -0.39 is 10.0 Å². The van der Waals surface area contributed by atoms with Crippen LogP contribution >= 0.6 is 27.3 Å². The second kappa shape index (κ2) is 5.13.